The van der Waals surface area contributed by atoms with E-state index in [0.717, 1.165) is 49.8 Å². The number of nitrogens with zero attached hydrogens (tertiary/aromatic N) is 1. The standard InChI is InChI=1S/C13H20N4O.ClH/c14-7-8-3-1-5-10(8)15-13(18)12-9-4-2-6-11(9)16-17-12;/h8,10H,1-7,14H2,(H,15,18)(H,16,17);1H. The average molecular weight is 285 g/mol. The molecule has 19 heavy (non-hydrogen) atoms. The predicted octanol–water partition coefficient (Wildman–Crippen LogP) is 1.18. The Morgan fingerprint density at radius 1 is 1.37 bits per heavy atom. The summed E-state index contributed by atoms with van der Waals surface area (Å²) in [4.78, 5) is 12.2. The topological polar surface area (TPSA) is 83.8 Å². The van der Waals surface area contributed by atoms with Crippen LogP contribution in [0.3, 0.4) is 0 Å². The number of halogens is 1. The van der Waals surface area contributed by atoms with Crippen molar-refractivity contribution in [2.24, 2.45) is 11.7 Å². The van der Waals surface area contributed by atoms with Crippen molar-refractivity contribution in [3.05, 3.63) is 17.0 Å². The van der Waals surface area contributed by atoms with Crippen LogP contribution in [0.5, 0.6) is 0 Å². The Bertz CT molecular complexity index is 459. The minimum absolute atomic E-state index is 0. The number of H-pyrrole nitrogens is 1. The summed E-state index contributed by atoms with van der Waals surface area (Å²) < 4.78 is 0. The van der Waals surface area contributed by atoms with Crippen LogP contribution in [-0.4, -0.2) is 28.7 Å². The fourth-order valence-electron chi connectivity index (χ4n) is 3.25. The molecule has 106 valence electrons. The van der Waals surface area contributed by atoms with Crippen LogP contribution in [0, 0.1) is 5.92 Å². The maximum atomic E-state index is 12.2. The van der Waals surface area contributed by atoms with Crippen molar-refractivity contribution in [3.63, 3.8) is 0 Å². The molecule has 6 heteroatoms. The molecule has 1 saturated carbocycles. The molecule has 4 N–H and O–H groups in total. The number of aromatic nitrogens is 2. The lowest BCUT2D eigenvalue weighted by molar-refractivity contribution is 0.0922. The fourth-order valence-corrected chi connectivity index (χ4v) is 3.25. The number of amides is 1. The number of hydrogen-bond acceptors (Lipinski definition) is 3. The molecule has 2 aliphatic carbocycles. The van der Waals surface area contributed by atoms with Crippen LogP contribution in [-0.2, 0) is 12.8 Å². The van der Waals surface area contributed by atoms with Gasteiger partial charge in [0.2, 0.25) is 0 Å². The van der Waals surface area contributed by atoms with E-state index in [2.05, 4.69) is 15.5 Å². The molecule has 0 spiro atoms. The van der Waals surface area contributed by atoms with Gasteiger partial charge in [-0.3, -0.25) is 9.89 Å². The maximum absolute atomic E-state index is 12.2. The van der Waals surface area contributed by atoms with Crippen molar-refractivity contribution >= 4 is 18.3 Å². The first-order chi connectivity index (χ1) is 8.79. The van der Waals surface area contributed by atoms with Gasteiger partial charge < -0.3 is 11.1 Å². The van der Waals surface area contributed by atoms with Crippen molar-refractivity contribution in [1.29, 1.82) is 0 Å². The number of carbonyl (C=O) groups excluding carboxylic acids is 1. The summed E-state index contributed by atoms with van der Waals surface area (Å²) in [6, 6.07) is 0.233. The van der Waals surface area contributed by atoms with Crippen LogP contribution in [0.1, 0.15) is 47.4 Å². The van der Waals surface area contributed by atoms with Crippen molar-refractivity contribution in [2.45, 2.75) is 44.6 Å². The SMILES string of the molecule is Cl.NCC1CCCC1NC(=O)c1n[nH]c2c1CCC2. The molecule has 0 aromatic carbocycles. The number of aryl methyl sites for hydroxylation is 1. The smallest absolute Gasteiger partial charge is 0.272 e. The Hall–Kier alpha value is -1.07. The van der Waals surface area contributed by atoms with Gasteiger partial charge in [-0.25, -0.2) is 0 Å². The van der Waals surface area contributed by atoms with E-state index in [1.54, 1.807) is 0 Å². The Morgan fingerprint density at radius 3 is 3.00 bits per heavy atom. The van der Waals surface area contributed by atoms with Crippen LogP contribution in [0.25, 0.3) is 0 Å². The number of carbonyl (C=O) groups is 1. The van der Waals surface area contributed by atoms with Gasteiger partial charge in [-0.2, -0.15) is 5.10 Å². The Labute approximate surface area is 119 Å². The van der Waals surface area contributed by atoms with Gasteiger partial charge in [0.1, 0.15) is 0 Å². The van der Waals surface area contributed by atoms with Gasteiger partial charge in [0.05, 0.1) is 0 Å². The first kappa shape index (κ1) is 14.3. The first-order valence-electron chi connectivity index (χ1n) is 6.86. The van der Waals surface area contributed by atoms with E-state index in [1.165, 1.54) is 0 Å². The molecular formula is C13H21ClN4O. The van der Waals surface area contributed by atoms with Crippen molar-refractivity contribution in [2.75, 3.05) is 6.54 Å². The minimum atomic E-state index is -0.0280. The molecule has 3 rings (SSSR count). The third-order valence-corrected chi connectivity index (χ3v) is 4.30. The number of hydrogen-bond donors (Lipinski definition) is 3. The van der Waals surface area contributed by atoms with E-state index >= 15 is 0 Å². The summed E-state index contributed by atoms with van der Waals surface area (Å²) in [7, 11) is 0. The highest BCUT2D eigenvalue weighted by atomic mass is 35.5. The molecule has 0 radical (unpaired) electrons. The zero-order chi connectivity index (χ0) is 12.5. The van der Waals surface area contributed by atoms with Gasteiger partial charge in [0.15, 0.2) is 5.69 Å². The molecule has 1 aromatic rings. The molecule has 5 nitrogen and oxygen atoms in total. The highest BCUT2D eigenvalue weighted by Gasteiger charge is 2.30. The third-order valence-electron chi connectivity index (χ3n) is 4.30. The van der Waals surface area contributed by atoms with E-state index < -0.39 is 0 Å². The van der Waals surface area contributed by atoms with Gasteiger partial charge in [0, 0.05) is 17.3 Å². The van der Waals surface area contributed by atoms with Crippen molar-refractivity contribution < 1.29 is 4.79 Å². The molecule has 1 heterocycles. The summed E-state index contributed by atoms with van der Waals surface area (Å²) in [6.45, 7) is 0.656. The second-order valence-corrected chi connectivity index (χ2v) is 5.39. The maximum Gasteiger partial charge on any atom is 0.272 e. The van der Waals surface area contributed by atoms with Crippen LogP contribution < -0.4 is 11.1 Å². The molecule has 2 aliphatic rings. The summed E-state index contributed by atoms with van der Waals surface area (Å²) in [5.41, 5.74) is 8.60. The fraction of sp³-hybridized carbons (Fsp3) is 0.692. The van der Waals surface area contributed by atoms with Gasteiger partial charge in [-0.05, 0) is 44.6 Å². The van der Waals surface area contributed by atoms with Crippen LogP contribution >= 0.6 is 12.4 Å². The number of fused-ring (bicyclic) bond motifs is 1. The minimum Gasteiger partial charge on any atom is -0.348 e. The Balaban J connectivity index is 0.00000133. The highest BCUT2D eigenvalue weighted by molar-refractivity contribution is 5.94. The zero-order valence-electron chi connectivity index (χ0n) is 10.9. The largest absolute Gasteiger partial charge is 0.348 e. The number of aromatic amines is 1. The van der Waals surface area contributed by atoms with Gasteiger partial charge in [0.25, 0.3) is 5.91 Å². The van der Waals surface area contributed by atoms with Crippen molar-refractivity contribution in [3.8, 4) is 0 Å². The summed E-state index contributed by atoms with van der Waals surface area (Å²) in [6.07, 6.45) is 6.44. The number of rotatable bonds is 3. The average Bonchev–Trinajstić information content (AvgIpc) is 3.03. The lowest BCUT2D eigenvalue weighted by atomic mass is 10.0. The molecule has 2 atom stereocenters. The lowest BCUT2D eigenvalue weighted by Crippen LogP contribution is -2.40. The van der Waals surface area contributed by atoms with Crippen LogP contribution in [0.4, 0.5) is 0 Å². The highest BCUT2D eigenvalue weighted by Crippen LogP contribution is 2.26. The second-order valence-electron chi connectivity index (χ2n) is 5.39. The number of nitrogens with one attached hydrogen (secondary N) is 2. The Morgan fingerprint density at radius 2 is 2.21 bits per heavy atom. The van der Waals surface area contributed by atoms with E-state index in [4.69, 9.17) is 5.73 Å². The van der Waals surface area contributed by atoms with Crippen LogP contribution in [0.2, 0.25) is 0 Å². The summed E-state index contributed by atoms with van der Waals surface area (Å²) >= 11 is 0. The van der Waals surface area contributed by atoms with Gasteiger partial charge >= 0.3 is 0 Å². The molecule has 2 unspecified atom stereocenters. The van der Waals surface area contributed by atoms with Crippen molar-refractivity contribution in [1.82, 2.24) is 15.5 Å². The predicted molar refractivity (Wildman–Crippen MR) is 75.5 cm³/mol. The summed E-state index contributed by atoms with van der Waals surface area (Å²) in [5.74, 6) is 0.403. The first-order valence-corrected chi connectivity index (χ1v) is 6.86. The molecule has 0 bridgehead atoms. The van der Waals surface area contributed by atoms with Gasteiger partial charge in [-0.1, -0.05) is 6.42 Å². The third kappa shape index (κ3) is 2.62. The van der Waals surface area contributed by atoms with E-state index in [9.17, 15) is 4.79 Å². The second kappa shape index (κ2) is 5.92. The van der Waals surface area contributed by atoms with E-state index in [-0.39, 0.29) is 24.4 Å². The normalized spacial score (nSPS) is 24.9. The molecule has 0 saturated heterocycles. The monoisotopic (exact) mass is 284 g/mol. The Kier molecular flexibility index (Phi) is 4.47. The van der Waals surface area contributed by atoms with E-state index in [1.807, 2.05) is 0 Å². The number of nitrogens with two attached hydrogens (primary N) is 1. The quantitative estimate of drug-likeness (QED) is 0.779. The molecule has 1 amide bonds. The molecule has 0 aliphatic heterocycles. The zero-order valence-corrected chi connectivity index (χ0v) is 11.8. The molecule has 1 fully saturated rings. The van der Waals surface area contributed by atoms with Gasteiger partial charge in [-0.15, -0.1) is 12.4 Å². The summed E-state index contributed by atoms with van der Waals surface area (Å²) in [5, 5.41) is 10.3. The van der Waals surface area contributed by atoms with Crippen LogP contribution in [0.15, 0.2) is 0 Å². The van der Waals surface area contributed by atoms with E-state index in [0.29, 0.717) is 18.2 Å². The lowest BCUT2D eigenvalue weighted by Gasteiger charge is -2.19. The molecule has 1 aromatic heterocycles. The molecular weight excluding hydrogens is 264 g/mol.